The van der Waals surface area contributed by atoms with E-state index in [1.165, 1.54) is 42.7 Å². The zero-order chi connectivity index (χ0) is 27.1. The molecule has 2 atom stereocenters. The van der Waals surface area contributed by atoms with E-state index in [0.717, 1.165) is 16.9 Å². The molecule has 3 N–H and O–H groups in total. The fourth-order valence-corrected chi connectivity index (χ4v) is 7.98. The number of carbonyl (C=O) groups is 1. The lowest BCUT2D eigenvalue weighted by atomic mass is 10.1. The lowest BCUT2D eigenvalue weighted by molar-refractivity contribution is -0.140. The molecule has 1 fully saturated rings. The van der Waals surface area contributed by atoms with E-state index in [0.29, 0.717) is 15.5 Å². The first kappa shape index (κ1) is 26.3. The number of sulfonamides is 2. The van der Waals surface area contributed by atoms with Crippen molar-refractivity contribution >= 4 is 54.6 Å². The van der Waals surface area contributed by atoms with Gasteiger partial charge in [0.1, 0.15) is 14.6 Å². The molecule has 5 rings (SSSR count). The van der Waals surface area contributed by atoms with Crippen LogP contribution >= 0.6 is 22.9 Å². The summed E-state index contributed by atoms with van der Waals surface area (Å²) >= 11 is 6.94. The van der Waals surface area contributed by atoms with Crippen molar-refractivity contribution in [1.82, 2.24) is 9.71 Å². The summed E-state index contributed by atoms with van der Waals surface area (Å²) in [5.74, 6) is -2.02. The van der Waals surface area contributed by atoms with Crippen molar-refractivity contribution in [2.24, 2.45) is 0 Å². The van der Waals surface area contributed by atoms with Crippen molar-refractivity contribution in [3.63, 3.8) is 0 Å². The highest BCUT2D eigenvalue weighted by Crippen LogP contribution is 2.53. The molecule has 1 aliphatic carbocycles. The zero-order valence-corrected chi connectivity index (χ0v) is 22.6. The minimum absolute atomic E-state index is 0.00971. The molecule has 2 heterocycles. The van der Waals surface area contributed by atoms with Crippen molar-refractivity contribution in [1.29, 1.82) is 0 Å². The summed E-state index contributed by atoms with van der Waals surface area (Å²) < 4.78 is 56.5. The maximum atomic E-state index is 13.2. The quantitative estimate of drug-likeness (QED) is 0.260. The normalized spacial score (nSPS) is 19.1. The molecule has 38 heavy (non-hydrogen) atoms. The Morgan fingerprint density at radius 3 is 2.45 bits per heavy atom. The first-order chi connectivity index (χ1) is 18.0. The molecule has 0 saturated heterocycles. The topological polar surface area (TPSA) is 143 Å². The van der Waals surface area contributed by atoms with E-state index in [1.807, 2.05) is 0 Å². The van der Waals surface area contributed by atoms with Crippen LogP contribution < -0.4 is 9.44 Å². The summed E-state index contributed by atoms with van der Waals surface area (Å²) in [6.07, 6.45) is 2.67. The number of aliphatic carboxylic acids is 1. The molecule has 0 amide bonds. The van der Waals surface area contributed by atoms with E-state index in [9.17, 15) is 26.7 Å². The summed E-state index contributed by atoms with van der Waals surface area (Å²) in [5, 5.41) is 10.6. The fourth-order valence-electron chi connectivity index (χ4n) is 4.12. The van der Waals surface area contributed by atoms with Gasteiger partial charge in [0.05, 0.1) is 0 Å². The first-order valence-corrected chi connectivity index (χ1v) is 15.3. The third-order valence-corrected chi connectivity index (χ3v) is 10.9. The van der Waals surface area contributed by atoms with E-state index in [2.05, 4.69) is 14.4 Å². The van der Waals surface area contributed by atoms with Crippen LogP contribution in [0.25, 0.3) is 10.4 Å². The second-order valence-corrected chi connectivity index (χ2v) is 13.8. The highest BCUT2D eigenvalue weighted by atomic mass is 35.5. The van der Waals surface area contributed by atoms with Gasteiger partial charge in [0.15, 0.2) is 0 Å². The number of carboxylic acids is 1. The van der Waals surface area contributed by atoms with Crippen LogP contribution in [0.1, 0.15) is 17.9 Å². The van der Waals surface area contributed by atoms with E-state index in [4.69, 9.17) is 11.6 Å². The van der Waals surface area contributed by atoms with Gasteiger partial charge in [0, 0.05) is 33.9 Å². The number of aromatic nitrogens is 1. The highest BCUT2D eigenvalue weighted by molar-refractivity contribution is 7.92. The monoisotopic (exact) mass is 589 g/mol. The van der Waals surface area contributed by atoms with Gasteiger partial charge in [-0.25, -0.2) is 16.8 Å². The number of rotatable bonds is 9. The van der Waals surface area contributed by atoms with Gasteiger partial charge in [-0.1, -0.05) is 35.9 Å². The first-order valence-electron chi connectivity index (χ1n) is 11.2. The van der Waals surface area contributed by atoms with Crippen molar-refractivity contribution in [2.75, 3.05) is 4.72 Å². The van der Waals surface area contributed by atoms with Gasteiger partial charge in [0.25, 0.3) is 20.0 Å². The Hall–Kier alpha value is -3.29. The van der Waals surface area contributed by atoms with Gasteiger partial charge in [-0.05, 0) is 66.1 Å². The minimum Gasteiger partial charge on any atom is -0.480 e. The molecular weight excluding hydrogens is 570 g/mol. The van der Waals surface area contributed by atoms with Crippen molar-refractivity contribution in [2.45, 2.75) is 27.0 Å². The summed E-state index contributed by atoms with van der Waals surface area (Å²) in [7, 11) is -8.08. The smallest absolute Gasteiger partial charge is 0.325 e. The summed E-state index contributed by atoms with van der Waals surface area (Å²) in [6.45, 7) is 0. The van der Waals surface area contributed by atoms with Crippen LogP contribution in [0.2, 0.25) is 5.02 Å². The standard InChI is InChI=1S/C25H20ClN3O6S3/c26-18-8-6-16(7-9-18)22-10-11-23(36-22)38(34,35)29-25(24(30)31)14-21(25)17-3-1-4-19(13-17)28-37(32,33)20-5-2-12-27-15-20/h1-13,15,21,28-29H,14H2,(H,30,31). The van der Waals surface area contributed by atoms with Crippen molar-refractivity contribution in [3.8, 4) is 10.4 Å². The van der Waals surface area contributed by atoms with Crippen LogP contribution in [0, 0.1) is 0 Å². The maximum Gasteiger partial charge on any atom is 0.325 e. The molecule has 13 heteroatoms. The molecule has 0 radical (unpaired) electrons. The molecule has 9 nitrogen and oxygen atoms in total. The molecule has 0 bridgehead atoms. The number of thiophene rings is 1. The number of hydrogen-bond donors (Lipinski definition) is 3. The van der Waals surface area contributed by atoms with Crippen molar-refractivity contribution < 1.29 is 26.7 Å². The highest BCUT2D eigenvalue weighted by Gasteiger charge is 2.63. The predicted molar refractivity (Wildman–Crippen MR) is 144 cm³/mol. The van der Waals surface area contributed by atoms with Crippen LogP contribution in [0.15, 0.2) is 94.3 Å². The molecule has 1 aliphatic rings. The summed E-state index contributed by atoms with van der Waals surface area (Å²) in [5.41, 5.74) is -0.283. The van der Waals surface area contributed by atoms with E-state index < -0.39 is 37.5 Å². The largest absolute Gasteiger partial charge is 0.480 e. The van der Waals surface area contributed by atoms with Crippen LogP contribution in [0.4, 0.5) is 5.69 Å². The fraction of sp³-hybridized carbons (Fsp3) is 0.120. The average molecular weight is 590 g/mol. The van der Waals surface area contributed by atoms with Crippen LogP contribution in [-0.2, 0) is 24.8 Å². The number of nitrogens with one attached hydrogen (secondary N) is 2. The van der Waals surface area contributed by atoms with Crippen LogP contribution in [0.3, 0.4) is 0 Å². The molecule has 2 unspecified atom stereocenters. The lowest BCUT2D eigenvalue weighted by Gasteiger charge is -2.15. The number of pyridine rings is 1. The second-order valence-electron chi connectivity index (χ2n) is 8.68. The zero-order valence-electron chi connectivity index (χ0n) is 19.4. The third kappa shape index (κ3) is 5.18. The number of hydrogen-bond acceptors (Lipinski definition) is 7. The number of halogens is 1. The number of nitrogens with zero attached hydrogens (tertiary/aromatic N) is 1. The molecule has 4 aromatic rings. The molecule has 0 spiro atoms. The van der Waals surface area contributed by atoms with E-state index in [1.54, 1.807) is 42.5 Å². The minimum atomic E-state index is -4.17. The van der Waals surface area contributed by atoms with Crippen LogP contribution in [0.5, 0.6) is 0 Å². The Morgan fingerprint density at radius 2 is 1.76 bits per heavy atom. The number of anilines is 1. The Labute approximate surface area is 228 Å². The third-order valence-electron chi connectivity index (χ3n) is 6.12. The Kier molecular flexibility index (Phi) is 6.78. The molecule has 196 valence electrons. The van der Waals surface area contributed by atoms with E-state index >= 15 is 0 Å². The average Bonchev–Trinajstić information content (AvgIpc) is 3.37. The summed E-state index contributed by atoms with van der Waals surface area (Å²) in [4.78, 5) is 16.8. The maximum absolute atomic E-state index is 13.2. The molecule has 0 aliphatic heterocycles. The number of benzene rings is 2. The van der Waals surface area contributed by atoms with Gasteiger partial charge in [-0.3, -0.25) is 14.5 Å². The Bertz CT molecular complexity index is 1730. The second kappa shape index (κ2) is 9.79. The molecule has 2 aromatic carbocycles. The van der Waals surface area contributed by atoms with Gasteiger partial charge < -0.3 is 5.11 Å². The Morgan fingerprint density at radius 1 is 1.00 bits per heavy atom. The van der Waals surface area contributed by atoms with Gasteiger partial charge in [-0.15, -0.1) is 11.3 Å². The Balaban J connectivity index is 1.37. The SMILES string of the molecule is O=C(O)C1(NS(=O)(=O)c2ccc(-c3ccc(Cl)cc3)s2)CC1c1cccc(NS(=O)(=O)c2cccnc2)c1. The van der Waals surface area contributed by atoms with Gasteiger partial charge in [-0.2, -0.15) is 4.72 Å². The molecule has 1 saturated carbocycles. The van der Waals surface area contributed by atoms with Gasteiger partial charge in [0.2, 0.25) is 0 Å². The van der Waals surface area contributed by atoms with Crippen molar-refractivity contribution in [3.05, 3.63) is 95.8 Å². The molecular formula is C25H20ClN3O6S3. The lowest BCUT2D eigenvalue weighted by Crippen LogP contribution is -2.44. The van der Waals surface area contributed by atoms with Gasteiger partial charge >= 0.3 is 5.97 Å². The number of carboxylic acid groups (broad SMARTS) is 1. The summed E-state index contributed by atoms with van der Waals surface area (Å²) in [6, 6.07) is 19.1. The molecule has 2 aromatic heterocycles. The van der Waals surface area contributed by atoms with E-state index in [-0.39, 0.29) is 21.2 Å². The predicted octanol–water partition coefficient (Wildman–Crippen LogP) is 4.55. The van der Waals surface area contributed by atoms with Crippen LogP contribution in [-0.4, -0.2) is 38.4 Å².